The molecule has 142 valence electrons. The van der Waals surface area contributed by atoms with E-state index in [1.54, 1.807) is 7.11 Å². The normalized spacial score (nSPS) is 16.2. The molecule has 0 amide bonds. The molecule has 0 saturated carbocycles. The first-order valence-corrected chi connectivity index (χ1v) is 9.55. The van der Waals surface area contributed by atoms with Gasteiger partial charge in [-0.2, -0.15) is 0 Å². The molecule has 5 nitrogen and oxygen atoms in total. The highest BCUT2D eigenvalue weighted by molar-refractivity contribution is 6.77. The molecule has 1 saturated heterocycles. The number of nitrogens with zero attached hydrogens (tertiary/aromatic N) is 2. The molecule has 1 aromatic heterocycles. The van der Waals surface area contributed by atoms with E-state index in [0.29, 0.717) is 17.9 Å². The number of morpholine rings is 1. The Bertz CT molecular complexity index is 808. The number of para-hydroxylation sites is 1. The fourth-order valence-corrected chi connectivity index (χ4v) is 3.72. The second-order valence-electron chi connectivity index (χ2n) is 6.25. The quantitative estimate of drug-likeness (QED) is 0.545. The van der Waals surface area contributed by atoms with E-state index in [1.807, 2.05) is 25.1 Å². The van der Waals surface area contributed by atoms with E-state index >= 15 is 0 Å². The van der Waals surface area contributed by atoms with Crippen molar-refractivity contribution in [2.75, 3.05) is 40.0 Å². The van der Waals surface area contributed by atoms with Gasteiger partial charge >= 0.3 is 0 Å². The fraction of sp³-hybridized carbons (Fsp3) is 0.500. The van der Waals surface area contributed by atoms with Gasteiger partial charge in [0.15, 0.2) is 0 Å². The second kappa shape index (κ2) is 7.95. The molecule has 2 heterocycles. The average molecular weight is 420 g/mol. The zero-order chi connectivity index (χ0) is 18.9. The first-order valence-electron chi connectivity index (χ1n) is 8.42. The van der Waals surface area contributed by atoms with Crippen LogP contribution < -0.4 is 4.74 Å². The van der Waals surface area contributed by atoms with E-state index in [0.717, 1.165) is 49.4 Å². The van der Waals surface area contributed by atoms with Gasteiger partial charge in [0.25, 0.3) is 3.79 Å². The number of carbonyl (C=O) groups excluding carboxylic acids is 1. The Morgan fingerprint density at radius 2 is 1.92 bits per heavy atom. The maximum absolute atomic E-state index is 12.7. The van der Waals surface area contributed by atoms with Crippen LogP contribution in [0.1, 0.15) is 16.1 Å². The summed E-state index contributed by atoms with van der Waals surface area (Å²) < 4.78 is 11.0. The van der Waals surface area contributed by atoms with E-state index in [4.69, 9.17) is 44.3 Å². The van der Waals surface area contributed by atoms with Gasteiger partial charge in [-0.05, 0) is 13.0 Å². The zero-order valence-corrected chi connectivity index (χ0v) is 17.0. The Labute approximate surface area is 167 Å². The predicted octanol–water partition coefficient (Wildman–Crippen LogP) is 3.84. The van der Waals surface area contributed by atoms with Crippen LogP contribution in [0.4, 0.5) is 0 Å². The molecule has 0 radical (unpaired) electrons. The number of ether oxygens (including phenoxy) is 2. The van der Waals surface area contributed by atoms with Gasteiger partial charge < -0.3 is 14.0 Å². The number of fused-ring (bicyclic) bond motifs is 1. The van der Waals surface area contributed by atoms with Crippen molar-refractivity contribution in [3.05, 3.63) is 29.5 Å². The number of methoxy groups -OCH3 is 1. The van der Waals surface area contributed by atoms with Gasteiger partial charge in [-0.3, -0.25) is 9.69 Å². The third kappa shape index (κ3) is 3.82. The smallest absolute Gasteiger partial charge is 0.253 e. The number of alkyl halides is 3. The second-order valence-corrected chi connectivity index (χ2v) is 8.53. The number of hydrogen-bond donors (Lipinski definition) is 0. The van der Waals surface area contributed by atoms with Crippen LogP contribution >= 0.6 is 34.8 Å². The highest BCUT2D eigenvalue weighted by Gasteiger charge is 2.36. The summed E-state index contributed by atoms with van der Waals surface area (Å²) in [4.78, 5) is 15.1. The fourth-order valence-electron chi connectivity index (χ4n) is 3.44. The van der Waals surface area contributed by atoms with E-state index in [2.05, 4.69) is 9.47 Å². The van der Waals surface area contributed by atoms with E-state index in [-0.39, 0.29) is 0 Å². The number of halogens is 3. The standard InChI is InChI=1S/C18H21Cl3N2O3/c1-12-15(17(24)18(19,20)21)13-4-3-5-14(25-2)16(13)23(12)7-6-22-8-10-26-11-9-22/h3-5H,6-11H2,1-2H3. The number of Topliss-reactive ketones (excluding diaryl/α,β-unsaturated/α-hetero) is 1. The minimum atomic E-state index is -2.00. The minimum Gasteiger partial charge on any atom is -0.495 e. The molecule has 1 aliphatic rings. The van der Waals surface area contributed by atoms with Gasteiger partial charge in [0.1, 0.15) is 5.75 Å². The molecule has 0 atom stereocenters. The highest BCUT2D eigenvalue weighted by Crippen LogP contribution is 2.38. The van der Waals surface area contributed by atoms with Crippen molar-refractivity contribution in [1.29, 1.82) is 0 Å². The van der Waals surface area contributed by atoms with Crippen molar-refractivity contribution in [2.24, 2.45) is 0 Å². The van der Waals surface area contributed by atoms with Gasteiger partial charge in [-0.1, -0.05) is 46.9 Å². The molecule has 1 aromatic carbocycles. The summed E-state index contributed by atoms with van der Waals surface area (Å²) in [5, 5.41) is 0.736. The van der Waals surface area contributed by atoms with Crippen LogP contribution in [0.5, 0.6) is 5.75 Å². The highest BCUT2D eigenvalue weighted by atomic mass is 35.6. The number of aromatic nitrogens is 1. The lowest BCUT2D eigenvalue weighted by Gasteiger charge is -2.27. The Balaban J connectivity index is 2.06. The number of rotatable bonds is 5. The molecule has 26 heavy (non-hydrogen) atoms. The molecule has 2 aromatic rings. The lowest BCUT2D eigenvalue weighted by atomic mass is 10.1. The van der Waals surface area contributed by atoms with E-state index in [9.17, 15) is 4.79 Å². The van der Waals surface area contributed by atoms with Crippen molar-refractivity contribution in [3.8, 4) is 5.75 Å². The Kier molecular flexibility index (Phi) is 6.04. The average Bonchev–Trinajstić information content (AvgIpc) is 2.90. The summed E-state index contributed by atoms with van der Waals surface area (Å²) in [5.41, 5.74) is 2.05. The molecule has 8 heteroatoms. The maximum atomic E-state index is 12.7. The molecule has 1 fully saturated rings. The third-order valence-electron chi connectivity index (χ3n) is 4.75. The molecule has 0 aliphatic carbocycles. The number of ketones is 1. The largest absolute Gasteiger partial charge is 0.495 e. The molecule has 1 aliphatic heterocycles. The zero-order valence-electron chi connectivity index (χ0n) is 14.7. The molecular weight excluding hydrogens is 399 g/mol. The minimum absolute atomic E-state index is 0.431. The molecular formula is C18H21Cl3N2O3. The monoisotopic (exact) mass is 418 g/mol. The Hall–Kier alpha value is -0.980. The summed E-state index contributed by atoms with van der Waals surface area (Å²) >= 11 is 17.7. The SMILES string of the molecule is COc1cccc2c(C(=O)C(Cl)(Cl)Cl)c(C)n(CCN3CCOCC3)c12. The predicted molar refractivity (Wildman–Crippen MR) is 105 cm³/mol. The van der Waals surface area contributed by atoms with Gasteiger partial charge in [0.2, 0.25) is 5.78 Å². The molecule has 3 rings (SSSR count). The van der Waals surface area contributed by atoms with Crippen LogP contribution in [0.3, 0.4) is 0 Å². The Morgan fingerprint density at radius 1 is 1.23 bits per heavy atom. The first-order chi connectivity index (χ1) is 12.3. The molecule has 0 spiro atoms. The van der Waals surface area contributed by atoms with Gasteiger partial charge in [0, 0.05) is 37.3 Å². The molecule has 0 bridgehead atoms. The molecule has 0 N–H and O–H groups in total. The van der Waals surface area contributed by atoms with Gasteiger partial charge in [0.05, 0.1) is 31.4 Å². The maximum Gasteiger partial charge on any atom is 0.253 e. The van der Waals surface area contributed by atoms with Crippen molar-refractivity contribution < 1.29 is 14.3 Å². The van der Waals surface area contributed by atoms with Gasteiger partial charge in [-0.25, -0.2) is 0 Å². The first kappa shape index (κ1) is 19.8. The van der Waals surface area contributed by atoms with Crippen molar-refractivity contribution in [3.63, 3.8) is 0 Å². The summed E-state index contributed by atoms with van der Waals surface area (Å²) in [7, 11) is 1.61. The number of carbonyl (C=O) groups is 1. The van der Waals surface area contributed by atoms with Crippen molar-refractivity contribution >= 4 is 51.5 Å². The van der Waals surface area contributed by atoms with Crippen LogP contribution in [0, 0.1) is 6.92 Å². The topological polar surface area (TPSA) is 43.7 Å². The van der Waals surface area contributed by atoms with Crippen LogP contribution in [0.15, 0.2) is 18.2 Å². The lowest BCUT2D eigenvalue weighted by Crippen LogP contribution is -2.38. The summed E-state index contributed by atoms with van der Waals surface area (Å²) in [6, 6.07) is 5.57. The lowest BCUT2D eigenvalue weighted by molar-refractivity contribution is 0.0365. The van der Waals surface area contributed by atoms with Crippen LogP contribution in [-0.4, -0.2) is 59.0 Å². The summed E-state index contributed by atoms with van der Waals surface area (Å²) in [6.07, 6.45) is 0. The number of benzene rings is 1. The van der Waals surface area contributed by atoms with Crippen LogP contribution in [0.2, 0.25) is 0 Å². The summed E-state index contributed by atoms with van der Waals surface area (Å²) in [5.74, 6) is 0.166. The van der Waals surface area contributed by atoms with E-state index in [1.165, 1.54) is 0 Å². The van der Waals surface area contributed by atoms with E-state index < -0.39 is 9.58 Å². The summed E-state index contributed by atoms with van der Waals surface area (Å²) in [6.45, 7) is 6.70. The van der Waals surface area contributed by atoms with Crippen molar-refractivity contribution in [1.82, 2.24) is 9.47 Å². The third-order valence-corrected chi connectivity index (χ3v) is 5.27. The van der Waals surface area contributed by atoms with Gasteiger partial charge in [-0.15, -0.1) is 0 Å². The number of hydrogen-bond acceptors (Lipinski definition) is 4. The Morgan fingerprint density at radius 3 is 2.54 bits per heavy atom. The van der Waals surface area contributed by atoms with Crippen LogP contribution in [-0.2, 0) is 11.3 Å². The van der Waals surface area contributed by atoms with Crippen LogP contribution in [0.25, 0.3) is 10.9 Å². The van der Waals surface area contributed by atoms with Crippen molar-refractivity contribution in [2.45, 2.75) is 17.3 Å². The molecule has 0 unspecified atom stereocenters.